The zero-order valence-corrected chi connectivity index (χ0v) is 9.78. The van der Waals surface area contributed by atoms with Gasteiger partial charge >= 0.3 is 0 Å². The summed E-state index contributed by atoms with van der Waals surface area (Å²) in [4.78, 5) is 12.0. The van der Waals surface area contributed by atoms with Crippen LogP contribution in [0.1, 0.15) is 7.43 Å². The molecule has 3 rings (SSSR count). The lowest BCUT2D eigenvalue weighted by molar-refractivity contribution is -0.904. The van der Waals surface area contributed by atoms with Crippen molar-refractivity contribution in [2.45, 2.75) is 7.43 Å². The number of benzene rings is 1. The van der Waals surface area contributed by atoms with Crippen molar-refractivity contribution in [1.82, 2.24) is 0 Å². The summed E-state index contributed by atoms with van der Waals surface area (Å²) in [5.74, 6) is 0.557. The molecule has 1 aromatic carbocycles. The molecule has 0 atom stereocenters. The number of hydrogen-bond acceptors (Lipinski definition) is 4. The third-order valence-corrected chi connectivity index (χ3v) is 2.80. The van der Waals surface area contributed by atoms with Crippen LogP contribution in [0.2, 0.25) is 0 Å². The third-order valence-electron chi connectivity index (χ3n) is 2.80. The molecule has 102 valence electrons. The van der Waals surface area contributed by atoms with Gasteiger partial charge in [0.2, 0.25) is 12.4 Å². The topological polar surface area (TPSA) is 74.5 Å². The van der Waals surface area contributed by atoms with Crippen LogP contribution in [0.15, 0.2) is 58.0 Å². The van der Waals surface area contributed by atoms with E-state index in [4.69, 9.17) is 4.42 Å². The van der Waals surface area contributed by atoms with Gasteiger partial charge in [-0.3, -0.25) is 10.0 Å². The quantitative estimate of drug-likeness (QED) is 0.526. The van der Waals surface area contributed by atoms with Gasteiger partial charge in [-0.2, -0.15) is 0 Å². The molecule has 2 N–H and O–H groups in total. The number of aromatic nitrogens is 1. The summed E-state index contributed by atoms with van der Waals surface area (Å²) < 4.78 is 6.42. The maximum absolute atomic E-state index is 12.0. The highest BCUT2D eigenvalue weighted by Crippen LogP contribution is 2.23. The van der Waals surface area contributed by atoms with Gasteiger partial charge in [-0.1, -0.05) is 7.43 Å². The summed E-state index contributed by atoms with van der Waals surface area (Å²) in [6.45, 7) is 0. The minimum Gasteiger partial charge on any atom is -0.508 e. The molecule has 0 radical (unpaired) electrons. The van der Waals surface area contributed by atoms with Crippen LogP contribution in [0, 0.1) is 0 Å². The Labute approximate surface area is 114 Å². The van der Waals surface area contributed by atoms with Gasteiger partial charge in [-0.15, -0.1) is 0 Å². The molecule has 20 heavy (non-hydrogen) atoms. The van der Waals surface area contributed by atoms with Crippen molar-refractivity contribution in [1.29, 1.82) is 0 Å². The van der Waals surface area contributed by atoms with Gasteiger partial charge in [0, 0.05) is 16.4 Å². The van der Waals surface area contributed by atoms with E-state index in [0.29, 0.717) is 22.3 Å². The Bertz CT molecular complexity index is 806. The van der Waals surface area contributed by atoms with Crippen LogP contribution in [0.25, 0.3) is 22.3 Å². The maximum Gasteiger partial charge on any atom is 0.237 e. The average Bonchev–Trinajstić information content (AvgIpc) is 2.40. The maximum atomic E-state index is 12.0. The molecule has 0 saturated carbocycles. The van der Waals surface area contributed by atoms with E-state index in [2.05, 4.69) is 0 Å². The third kappa shape index (κ3) is 2.33. The number of pyridine rings is 1. The molecule has 0 unspecified atom stereocenters. The average molecular weight is 272 g/mol. The minimum absolute atomic E-state index is 0. The number of aromatic hydroxyl groups is 1. The second-order valence-electron chi connectivity index (χ2n) is 4.12. The largest absolute Gasteiger partial charge is 0.508 e. The molecule has 0 spiro atoms. The summed E-state index contributed by atoms with van der Waals surface area (Å²) in [5, 5.41) is 18.8. The fourth-order valence-electron chi connectivity index (χ4n) is 1.86. The first-order chi connectivity index (χ1) is 9.13. The Morgan fingerprint density at radius 2 is 1.80 bits per heavy atom. The first-order valence-corrected chi connectivity index (χ1v) is 5.61. The highest BCUT2D eigenvalue weighted by atomic mass is 16.5. The molecule has 0 saturated heterocycles. The summed E-state index contributed by atoms with van der Waals surface area (Å²) in [6, 6.07) is 9.23. The predicted molar refractivity (Wildman–Crippen MR) is 73.7 cm³/mol. The van der Waals surface area contributed by atoms with Crippen molar-refractivity contribution in [3.8, 4) is 17.1 Å². The zero-order valence-electron chi connectivity index (χ0n) is 9.78. The van der Waals surface area contributed by atoms with Crippen LogP contribution in [0.4, 0.5) is 0 Å². The summed E-state index contributed by atoms with van der Waals surface area (Å²) in [6.07, 6.45) is 2.67. The molecule has 0 aliphatic rings. The Kier molecular flexibility index (Phi) is 3.43. The van der Waals surface area contributed by atoms with E-state index in [1.54, 1.807) is 12.1 Å². The molecule has 0 bridgehead atoms. The number of nitrogens with zero attached hydrogens (tertiary/aromatic N) is 1. The second-order valence-corrected chi connectivity index (χ2v) is 4.12. The minimum atomic E-state index is -0.243. The Balaban J connectivity index is 0.00000147. The number of fused-ring (bicyclic) bond motifs is 1. The monoisotopic (exact) mass is 272 g/mol. The molecule has 2 aromatic heterocycles. The molecule has 2 heterocycles. The predicted octanol–water partition coefficient (Wildman–Crippen LogP) is 2.33. The Morgan fingerprint density at radius 3 is 2.50 bits per heavy atom. The fourth-order valence-corrected chi connectivity index (χ4v) is 1.86. The van der Waals surface area contributed by atoms with Crippen molar-refractivity contribution < 1.29 is 19.5 Å². The van der Waals surface area contributed by atoms with Gasteiger partial charge in [0.15, 0.2) is 11.0 Å². The summed E-state index contributed by atoms with van der Waals surface area (Å²) in [5.41, 5.74) is 0.839. The number of hydrogen-bond donors (Lipinski definition) is 2. The van der Waals surface area contributed by atoms with Gasteiger partial charge in [0.1, 0.15) is 16.9 Å². The van der Waals surface area contributed by atoms with Crippen LogP contribution in [-0.4, -0.2) is 10.3 Å². The number of phenolic OH excluding ortho intramolecular Hbond substituents is 1. The Hall–Kier alpha value is -2.82. The molecule has 5 heteroatoms. The van der Waals surface area contributed by atoms with Crippen LogP contribution in [-0.2, 0) is 0 Å². The lowest BCUT2D eigenvalue weighted by atomic mass is 10.1. The van der Waals surface area contributed by atoms with E-state index in [1.165, 1.54) is 36.7 Å². The normalized spacial score (nSPS) is 10.2. The van der Waals surface area contributed by atoms with Crippen molar-refractivity contribution in [3.05, 3.63) is 59.0 Å². The lowest BCUT2D eigenvalue weighted by Gasteiger charge is -2.02. The first-order valence-electron chi connectivity index (χ1n) is 5.61. The van der Waals surface area contributed by atoms with Crippen LogP contribution in [0.3, 0.4) is 0 Å². The summed E-state index contributed by atoms with van der Waals surface area (Å²) in [7, 11) is 0. The highest BCUT2D eigenvalue weighted by molar-refractivity contribution is 5.76. The lowest BCUT2D eigenvalue weighted by Crippen LogP contribution is -2.29. The van der Waals surface area contributed by atoms with Gasteiger partial charge in [0.25, 0.3) is 0 Å². The SMILES string of the molecule is C.O=c1cc(-c2ccc(O)cc2)oc2cc[n+](O)cc12. The smallest absolute Gasteiger partial charge is 0.237 e. The first kappa shape index (κ1) is 13.6. The summed E-state index contributed by atoms with van der Waals surface area (Å²) >= 11 is 0. The van der Waals surface area contributed by atoms with Crippen LogP contribution in [0.5, 0.6) is 5.75 Å². The number of phenols is 1. The van der Waals surface area contributed by atoms with E-state index >= 15 is 0 Å². The molecule has 0 fully saturated rings. The van der Waals surface area contributed by atoms with E-state index < -0.39 is 0 Å². The van der Waals surface area contributed by atoms with Crippen molar-refractivity contribution in [2.75, 3.05) is 0 Å². The van der Waals surface area contributed by atoms with E-state index in [-0.39, 0.29) is 18.6 Å². The molecule has 5 nitrogen and oxygen atoms in total. The van der Waals surface area contributed by atoms with Crippen LogP contribution < -0.4 is 10.2 Å². The Morgan fingerprint density at radius 1 is 1.10 bits per heavy atom. The van der Waals surface area contributed by atoms with Gasteiger partial charge in [-0.05, 0) is 24.3 Å². The molecular formula is C15H14NO4+. The van der Waals surface area contributed by atoms with Gasteiger partial charge < -0.3 is 9.52 Å². The van der Waals surface area contributed by atoms with Crippen molar-refractivity contribution in [3.63, 3.8) is 0 Å². The van der Waals surface area contributed by atoms with Gasteiger partial charge in [-0.25, -0.2) is 0 Å². The zero-order chi connectivity index (χ0) is 13.4. The molecule has 0 amide bonds. The number of rotatable bonds is 1. The highest BCUT2D eigenvalue weighted by Gasteiger charge is 2.10. The van der Waals surface area contributed by atoms with Crippen molar-refractivity contribution >= 4 is 11.0 Å². The molecule has 0 aliphatic heterocycles. The fraction of sp³-hybridized carbons (Fsp3) is 0.0667. The van der Waals surface area contributed by atoms with Crippen molar-refractivity contribution in [2.24, 2.45) is 0 Å². The van der Waals surface area contributed by atoms with Crippen LogP contribution >= 0.6 is 0 Å². The van der Waals surface area contributed by atoms with E-state index in [0.717, 1.165) is 4.73 Å². The second kappa shape index (κ2) is 5.05. The van der Waals surface area contributed by atoms with Gasteiger partial charge in [0.05, 0.1) is 6.07 Å². The van der Waals surface area contributed by atoms with E-state index in [1.807, 2.05) is 0 Å². The molecular weight excluding hydrogens is 258 g/mol. The molecule has 3 aromatic rings. The van der Waals surface area contributed by atoms with E-state index in [9.17, 15) is 15.1 Å². The standard InChI is InChI=1S/C14H9NO4.CH4/c16-10-3-1-9(2-4-10)14-7-12(17)11-8-15(18)6-5-13(11)19-14;/h1-8H,(H-,16,17,18);1H4/p+1. The molecule has 0 aliphatic carbocycles.